The predicted octanol–water partition coefficient (Wildman–Crippen LogP) is 3.28. The van der Waals surface area contributed by atoms with Crippen LogP contribution in [0.4, 0.5) is 0 Å². The monoisotopic (exact) mass is 228 g/mol. The Morgan fingerprint density at radius 1 is 0.750 bits per heavy atom. The van der Waals surface area contributed by atoms with Crippen LogP contribution < -0.4 is 5.32 Å². The first-order valence-electron chi connectivity index (χ1n) is 7.20. The van der Waals surface area contributed by atoms with Crippen LogP contribution in [0.5, 0.6) is 0 Å². The molecule has 0 rings (SSSR count). The van der Waals surface area contributed by atoms with Crippen LogP contribution in [-0.2, 0) is 0 Å². The van der Waals surface area contributed by atoms with E-state index in [9.17, 15) is 0 Å². The molecule has 0 aromatic rings. The van der Waals surface area contributed by atoms with Crippen molar-refractivity contribution in [2.24, 2.45) is 0 Å². The van der Waals surface area contributed by atoms with E-state index in [0.29, 0.717) is 0 Å². The Morgan fingerprint density at radius 2 is 1.31 bits per heavy atom. The van der Waals surface area contributed by atoms with Crippen molar-refractivity contribution in [3.8, 4) is 0 Å². The molecule has 0 bridgehead atoms. The van der Waals surface area contributed by atoms with Gasteiger partial charge >= 0.3 is 0 Å². The molecule has 0 heterocycles. The summed E-state index contributed by atoms with van der Waals surface area (Å²) in [6.45, 7) is 9.45. The fourth-order valence-corrected chi connectivity index (χ4v) is 1.80. The van der Waals surface area contributed by atoms with Crippen molar-refractivity contribution in [1.29, 1.82) is 0 Å². The van der Waals surface area contributed by atoms with Gasteiger partial charge in [-0.3, -0.25) is 0 Å². The normalized spacial score (nSPS) is 11.2. The lowest BCUT2D eigenvalue weighted by molar-refractivity contribution is 0.319. The highest BCUT2D eigenvalue weighted by Crippen LogP contribution is 1.96. The molecule has 1 N–H and O–H groups in total. The first-order valence-corrected chi connectivity index (χ1v) is 7.20. The molecule has 2 heteroatoms. The van der Waals surface area contributed by atoms with Gasteiger partial charge in [0.2, 0.25) is 0 Å². The number of unbranched alkanes of at least 4 members (excludes halogenated alkanes) is 4. The van der Waals surface area contributed by atoms with Crippen LogP contribution in [0.2, 0.25) is 0 Å². The van der Waals surface area contributed by atoms with Crippen molar-refractivity contribution in [2.45, 2.75) is 58.8 Å². The Hall–Kier alpha value is -0.0800. The average molecular weight is 228 g/mol. The van der Waals surface area contributed by atoms with E-state index < -0.39 is 0 Å². The molecule has 0 aliphatic carbocycles. The highest BCUT2D eigenvalue weighted by Gasteiger charge is 1.96. The van der Waals surface area contributed by atoms with Gasteiger partial charge in [-0.05, 0) is 58.9 Å². The predicted molar refractivity (Wildman–Crippen MR) is 74.0 cm³/mol. The summed E-state index contributed by atoms with van der Waals surface area (Å²) < 4.78 is 0. The Balaban J connectivity index is 3.02. The van der Waals surface area contributed by atoms with Crippen molar-refractivity contribution in [2.75, 3.05) is 33.2 Å². The standard InChI is InChI=1S/C14H32N2/c1-4-6-8-11-15-12-9-10-14-16(3)13-7-5-2/h15H,4-14H2,1-3H3. The van der Waals surface area contributed by atoms with Crippen molar-refractivity contribution in [1.82, 2.24) is 10.2 Å². The molecule has 0 unspecified atom stereocenters. The fraction of sp³-hybridized carbons (Fsp3) is 1.00. The molecule has 0 aromatic carbocycles. The summed E-state index contributed by atoms with van der Waals surface area (Å²) in [5, 5.41) is 3.52. The highest BCUT2D eigenvalue weighted by atomic mass is 15.1. The largest absolute Gasteiger partial charge is 0.317 e. The molecule has 0 radical (unpaired) electrons. The van der Waals surface area contributed by atoms with Gasteiger partial charge < -0.3 is 10.2 Å². The summed E-state index contributed by atoms with van der Waals surface area (Å²) in [5.74, 6) is 0. The summed E-state index contributed by atoms with van der Waals surface area (Å²) in [6.07, 6.45) is 9.34. The second kappa shape index (κ2) is 13.0. The van der Waals surface area contributed by atoms with Gasteiger partial charge in [0.15, 0.2) is 0 Å². The second-order valence-corrected chi connectivity index (χ2v) is 4.82. The molecular weight excluding hydrogens is 196 g/mol. The van der Waals surface area contributed by atoms with Crippen LogP contribution in [0.1, 0.15) is 58.8 Å². The third kappa shape index (κ3) is 12.0. The zero-order valence-corrected chi connectivity index (χ0v) is 11.7. The Labute approximate surface area is 103 Å². The molecule has 16 heavy (non-hydrogen) atoms. The topological polar surface area (TPSA) is 15.3 Å². The molecule has 2 nitrogen and oxygen atoms in total. The number of hydrogen-bond donors (Lipinski definition) is 1. The minimum Gasteiger partial charge on any atom is -0.317 e. The number of hydrogen-bond acceptors (Lipinski definition) is 2. The van der Waals surface area contributed by atoms with E-state index in [1.54, 1.807) is 0 Å². The average Bonchev–Trinajstić information content (AvgIpc) is 2.30. The molecule has 0 amide bonds. The third-order valence-electron chi connectivity index (χ3n) is 2.99. The first kappa shape index (κ1) is 15.9. The van der Waals surface area contributed by atoms with Gasteiger partial charge in [0.1, 0.15) is 0 Å². The Morgan fingerprint density at radius 3 is 1.94 bits per heavy atom. The summed E-state index contributed by atoms with van der Waals surface area (Å²) in [4.78, 5) is 2.46. The highest BCUT2D eigenvalue weighted by molar-refractivity contribution is 4.54. The zero-order valence-electron chi connectivity index (χ0n) is 11.7. The van der Waals surface area contributed by atoms with Crippen LogP contribution >= 0.6 is 0 Å². The van der Waals surface area contributed by atoms with Gasteiger partial charge in [-0.1, -0.05) is 33.1 Å². The Kier molecular flexibility index (Phi) is 12.9. The minimum absolute atomic E-state index is 1.20. The summed E-state index contributed by atoms with van der Waals surface area (Å²) in [6, 6.07) is 0. The molecule has 0 aliphatic rings. The zero-order chi connectivity index (χ0) is 12.1. The van der Waals surface area contributed by atoms with Crippen molar-refractivity contribution < 1.29 is 0 Å². The van der Waals surface area contributed by atoms with E-state index in [1.807, 2.05) is 0 Å². The molecule has 0 aromatic heterocycles. The number of nitrogens with one attached hydrogen (secondary N) is 1. The van der Waals surface area contributed by atoms with Crippen LogP contribution in [-0.4, -0.2) is 38.1 Å². The number of nitrogens with zero attached hydrogens (tertiary/aromatic N) is 1. The fourth-order valence-electron chi connectivity index (χ4n) is 1.80. The lowest BCUT2D eigenvalue weighted by Gasteiger charge is -2.15. The van der Waals surface area contributed by atoms with Crippen molar-refractivity contribution in [3.05, 3.63) is 0 Å². The van der Waals surface area contributed by atoms with E-state index in [1.165, 1.54) is 71.1 Å². The minimum atomic E-state index is 1.20. The van der Waals surface area contributed by atoms with Gasteiger partial charge in [0.05, 0.1) is 0 Å². The maximum Gasteiger partial charge on any atom is -0.00213 e. The van der Waals surface area contributed by atoms with Gasteiger partial charge in [0.25, 0.3) is 0 Å². The molecule has 0 atom stereocenters. The molecule has 0 spiro atoms. The van der Waals surface area contributed by atoms with Gasteiger partial charge in [0, 0.05) is 0 Å². The maximum absolute atomic E-state index is 3.52. The Bertz CT molecular complexity index is 126. The van der Waals surface area contributed by atoms with Crippen LogP contribution in [0.3, 0.4) is 0 Å². The van der Waals surface area contributed by atoms with Crippen LogP contribution in [0, 0.1) is 0 Å². The van der Waals surface area contributed by atoms with Crippen molar-refractivity contribution >= 4 is 0 Å². The molecular formula is C14H32N2. The molecule has 98 valence electrons. The summed E-state index contributed by atoms with van der Waals surface area (Å²) >= 11 is 0. The van der Waals surface area contributed by atoms with Gasteiger partial charge in [-0.25, -0.2) is 0 Å². The molecule has 0 fully saturated rings. The third-order valence-corrected chi connectivity index (χ3v) is 2.99. The molecule has 0 saturated carbocycles. The smallest absolute Gasteiger partial charge is 0.00213 e. The maximum atomic E-state index is 3.52. The summed E-state index contributed by atoms with van der Waals surface area (Å²) in [5.41, 5.74) is 0. The van der Waals surface area contributed by atoms with E-state index in [2.05, 4.69) is 31.1 Å². The van der Waals surface area contributed by atoms with E-state index in [0.717, 1.165) is 0 Å². The SMILES string of the molecule is CCCCCNCCCCN(C)CCCC. The second-order valence-electron chi connectivity index (χ2n) is 4.82. The van der Waals surface area contributed by atoms with Crippen LogP contribution in [0.15, 0.2) is 0 Å². The first-order chi connectivity index (χ1) is 7.81. The van der Waals surface area contributed by atoms with Gasteiger partial charge in [-0.2, -0.15) is 0 Å². The lowest BCUT2D eigenvalue weighted by Crippen LogP contribution is -2.22. The quantitative estimate of drug-likeness (QED) is 0.516. The summed E-state index contributed by atoms with van der Waals surface area (Å²) in [7, 11) is 2.24. The lowest BCUT2D eigenvalue weighted by atomic mass is 10.2. The number of rotatable bonds is 12. The molecule has 0 saturated heterocycles. The van der Waals surface area contributed by atoms with Crippen LogP contribution in [0.25, 0.3) is 0 Å². The van der Waals surface area contributed by atoms with E-state index in [4.69, 9.17) is 0 Å². The molecule has 0 aliphatic heterocycles. The van der Waals surface area contributed by atoms with Crippen molar-refractivity contribution in [3.63, 3.8) is 0 Å². The van der Waals surface area contributed by atoms with E-state index in [-0.39, 0.29) is 0 Å². The van der Waals surface area contributed by atoms with E-state index >= 15 is 0 Å². The van der Waals surface area contributed by atoms with Gasteiger partial charge in [-0.15, -0.1) is 0 Å².